The highest BCUT2D eigenvalue weighted by atomic mass is 16.2. The number of nitrogens with one attached hydrogen (secondary N) is 2. The van der Waals surface area contributed by atoms with Gasteiger partial charge in [-0.25, -0.2) is 0 Å². The van der Waals surface area contributed by atoms with Crippen LogP contribution in [-0.4, -0.2) is 29.9 Å². The third kappa shape index (κ3) is 4.18. The van der Waals surface area contributed by atoms with Crippen molar-refractivity contribution in [3.8, 4) is 0 Å². The van der Waals surface area contributed by atoms with Gasteiger partial charge in [-0.15, -0.1) is 0 Å². The maximum absolute atomic E-state index is 11.9. The molecular weight excluding hydrogens is 206 g/mol. The summed E-state index contributed by atoms with van der Waals surface area (Å²) in [4.78, 5) is 22.7. The van der Waals surface area contributed by atoms with E-state index in [4.69, 9.17) is 5.73 Å². The van der Waals surface area contributed by atoms with E-state index in [0.29, 0.717) is 0 Å². The molecule has 1 rings (SSSR count). The number of hydrogen-bond donors (Lipinski definition) is 3. The molecule has 0 bridgehead atoms. The third-order valence-corrected chi connectivity index (χ3v) is 2.70. The van der Waals surface area contributed by atoms with Gasteiger partial charge in [-0.3, -0.25) is 9.59 Å². The normalized spacial score (nSPS) is 21.5. The highest BCUT2D eigenvalue weighted by Gasteiger charge is 2.27. The fourth-order valence-corrected chi connectivity index (χ4v) is 1.98. The van der Waals surface area contributed by atoms with Gasteiger partial charge in [-0.1, -0.05) is 6.42 Å². The minimum absolute atomic E-state index is 0.0362. The lowest BCUT2D eigenvalue weighted by atomic mass is 9.98. The summed E-state index contributed by atoms with van der Waals surface area (Å²) < 4.78 is 0. The van der Waals surface area contributed by atoms with Gasteiger partial charge in [0.1, 0.15) is 0 Å². The minimum atomic E-state index is -0.567. The Hall–Kier alpha value is -1.10. The second-order valence-electron chi connectivity index (χ2n) is 5.02. The van der Waals surface area contributed by atoms with Crippen molar-refractivity contribution >= 4 is 11.8 Å². The molecule has 5 heteroatoms. The molecule has 1 fully saturated rings. The van der Waals surface area contributed by atoms with E-state index in [2.05, 4.69) is 10.6 Å². The summed E-state index contributed by atoms with van der Waals surface area (Å²) in [6.07, 6.45) is 3.21. The fourth-order valence-electron chi connectivity index (χ4n) is 1.98. The lowest BCUT2D eigenvalue weighted by Gasteiger charge is -2.29. The van der Waals surface area contributed by atoms with Gasteiger partial charge in [0, 0.05) is 12.0 Å². The van der Waals surface area contributed by atoms with Crippen LogP contribution in [0, 0.1) is 0 Å². The standard InChI is InChI=1S/C11H21N3O2/c1-11(2,7-9(12)15)14-10(16)8-5-3-4-6-13-8/h8,13H,3-7H2,1-2H3,(H2,12,15)(H,14,16). The Balaban J connectivity index is 2.45. The van der Waals surface area contributed by atoms with Crippen molar-refractivity contribution in [2.75, 3.05) is 6.54 Å². The van der Waals surface area contributed by atoms with Gasteiger partial charge in [-0.05, 0) is 33.2 Å². The van der Waals surface area contributed by atoms with Gasteiger partial charge in [0.2, 0.25) is 11.8 Å². The molecule has 0 aromatic rings. The van der Waals surface area contributed by atoms with Crippen molar-refractivity contribution in [1.82, 2.24) is 10.6 Å². The largest absolute Gasteiger partial charge is 0.370 e. The van der Waals surface area contributed by atoms with E-state index >= 15 is 0 Å². The predicted molar refractivity (Wildman–Crippen MR) is 61.7 cm³/mol. The van der Waals surface area contributed by atoms with Crippen LogP contribution in [0.15, 0.2) is 0 Å². The van der Waals surface area contributed by atoms with E-state index in [1.165, 1.54) is 0 Å². The molecule has 1 heterocycles. The lowest BCUT2D eigenvalue weighted by molar-refractivity contribution is -0.126. The zero-order valence-corrected chi connectivity index (χ0v) is 10.0. The molecule has 92 valence electrons. The van der Waals surface area contributed by atoms with Crippen molar-refractivity contribution in [1.29, 1.82) is 0 Å². The molecule has 16 heavy (non-hydrogen) atoms. The number of rotatable bonds is 4. The molecule has 0 saturated carbocycles. The molecule has 2 amide bonds. The number of amides is 2. The van der Waals surface area contributed by atoms with Gasteiger partial charge < -0.3 is 16.4 Å². The van der Waals surface area contributed by atoms with E-state index in [1.807, 2.05) is 0 Å². The second kappa shape index (κ2) is 5.30. The predicted octanol–water partition coefficient (Wildman–Crippen LogP) is -0.101. The summed E-state index contributed by atoms with van der Waals surface area (Å²) in [5, 5.41) is 6.02. The summed E-state index contributed by atoms with van der Waals surface area (Å²) in [5.41, 5.74) is 4.56. The van der Waals surface area contributed by atoms with Crippen LogP contribution in [0.5, 0.6) is 0 Å². The van der Waals surface area contributed by atoms with Crippen molar-refractivity contribution < 1.29 is 9.59 Å². The molecule has 0 spiro atoms. The number of carbonyl (C=O) groups is 2. The first-order chi connectivity index (χ1) is 7.41. The van der Waals surface area contributed by atoms with E-state index < -0.39 is 11.4 Å². The summed E-state index contributed by atoms with van der Waals surface area (Å²) in [7, 11) is 0. The van der Waals surface area contributed by atoms with Gasteiger partial charge in [0.15, 0.2) is 0 Å². The number of carbonyl (C=O) groups excluding carboxylic acids is 2. The number of piperidine rings is 1. The molecule has 0 aromatic carbocycles. The highest BCUT2D eigenvalue weighted by Crippen LogP contribution is 2.11. The van der Waals surface area contributed by atoms with Gasteiger partial charge >= 0.3 is 0 Å². The van der Waals surface area contributed by atoms with Crippen molar-refractivity contribution in [2.45, 2.75) is 51.1 Å². The summed E-state index contributed by atoms with van der Waals surface area (Å²) in [5.74, 6) is -0.437. The Labute approximate surface area is 96.1 Å². The van der Waals surface area contributed by atoms with Crippen molar-refractivity contribution in [3.63, 3.8) is 0 Å². The van der Waals surface area contributed by atoms with Crippen LogP contribution in [0.1, 0.15) is 39.5 Å². The Bertz CT molecular complexity index is 270. The quantitative estimate of drug-likeness (QED) is 0.627. The topological polar surface area (TPSA) is 84.2 Å². The molecule has 0 aromatic heterocycles. The van der Waals surface area contributed by atoms with Crippen LogP contribution < -0.4 is 16.4 Å². The van der Waals surface area contributed by atoms with Crippen LogP contribution in [0.4, 0.5) is 0 Å². The molecule has 1 unspecified atom stereocenters. The van der Waals surface area contributed by atoms with Gasteiger partial charge in [0.25, 0.3) is 0 Å². The number of nitrogens with two attached hydrogens (primary N) is 1. The summed E-state index contributed by atoms with van der Waals surface area (Å²) >= 11 is 0. The molecule has 0 radical (unpaired) electrons. The van der Waals surface area contributed by atoms with E-state index in [0.717, 1.165) is 25.8 Å². The molecular formula is C11H21N3O2. The van der Waals surface area contributed by atoms with Gasteiger partial charge in [-0.2, -0.15) is 0 Å². The second-order valence-corrected chi connectivity index (χ2v) is 5.02. The SMILES string of the molecule is CC(C)(CC(N)=O)NC(=O)C1CCCCN1. The molecule has 5 nitrogen and oxygen atoms in total. The van der Waals surface area contributed by atoms with Crippen LogP contribution in [0.3, 0.4) is 0 Å². The Morgan fingerprint density at radius 2 is 2.12 bits per heavy atom. The average molecular weight is 227 g/mol. The van der Waals surface area contributed by atoms with Crippen LogP contribution in [-0.2, 0) is 9.59 Å². The van der Waals surface area contributed by atoms with Crippen LogP contribution in [0.2, 0.25) is 0 Å². The maximum Gasteiger partial charge on any atom is 0.237 e. The first-order valence-electron chi connectivity index (χ1n) is 5.74. The first-order valence-corrected chi connectivity index (χ1v) is 5.74. The van der Waals surface area contributed by atoms with Crippen LogP contribution in [0.25, 0.3) is 0 Å². The lowest BCUT2D eigenvalue weighted by Crippen LogP contribution is -2.54. The van der Waals surface area contributed by atoms with Crippen molar-refractivity contribution in [3.05, 3.63) is 0 Å². The Morgan fingerprint density at radius 3 is 2.62 bits per heavy atom. The third-order valence-electron chi connectivity index (χ3n) is 2.70. The Morgan fingerprint density at radius 1 is 1.44 bits per heavy atom. The van der Waals surface area contributed by atoms with Crippen LogP contribution >= 0.6 is 0 Å². The van der Waals surface area contributed by atoms with E-state index in [-0.39, 0.29) is 18.4 Å². The molecule has 1 aliphatic rings. The highest BCUT2D eigenvalue weighted by molar-refractivity contribution is 5.83. The van der Waals surface area contributed by atoms with E-state index in [1.54, 1.807) is 13.8 Å². The average Bonchev–Trinajstić information content (AvgIpc) is 2.16. The zero-order chi connectivity index (χ0) is 12.2. The Kier molecular flexibility index (Phi) is 4.29. The molecule has 1 aliphatic heterocycles. The zero-order valence-electron chi connectivity index (χ0n) is 10.0. The molecule has 4 N–H and O–H groups in total. The van der Waals surface area contributed by atoms with Gasteiger partial charge in [0.05, 0.1) is 6.04 Å². The number of hydrogen-bond acceptors (Lipinski definition) is 3. The molecule has 1 atom stereocenters. The minimum Gasteiger partial charge on any atom is -0.370 e. The van der Waals surface area contributed by atoms with Crippen molar-refractivity contribution in [2.24, 2.45) is 5.73 Å². The molecule has 1 saturated heterocycles. The molecule has 0 aliphatic carbocycles. The monoisotopic (exact) mass is 227 g/mol. The summed E-state index contributed by atoms with van der Waals surface area (Å²) in [6.45, 7) is 4.49. The first kappa shape index (κ1) is 13.0. The fraction of sp³-hybridized carbons (Fsp3) is 0.818. The smallest absolute Gasteiger partial charge is 0.237 e. The summed E-state index contributed by atoms with van der Waals surface area (Å²) in [6, 6.07) is -0.124. The van der Waals surface area contributed by atoms with E-state index in [9.17, 15) is 9.59 Å². The number of primary amides is 1. The maximum atomic E-state index is 11.9.